The van der Waals surface area contributed by atoms with Crippen molar-refractivity contribution >= 4 is 35.1 Å². The van der Waals surface area contributed by atoms with Gasteiger partial charge >= 0.3 is 6.03 Å². The fourth-order valence-corrected chi connectivity index (χ4v) is 5.03. The normalized spacial score (nSPS) is 22.1. The predicted molar refractivity (Wildman–Crippen MR) is 122 cm³/mol. The molecular weight excluding hydrogens is 460 g/mol. The summed E-state index contributed by atoms with van der Waals surface area (Å²) in [7, 11) is 0. The van der Waals surface area contributed by atoms with E-state index in [9.17, 15) is 19.2 Å². The highest BCUT2D eigenvalue weighted by atomic mass is 32.1. The minimum atomic E-state index is -1.32. The maximum absolute atomic E-state index is 13.2. The Morgan fingerprint density at radius 2 is 1.74 bits per heavy atom. The SMILES string of the molecule is C[C@@]1(c2ccc3c(c2)OCCO3)NC(=O)N(CC(=O)N2CCN(C(=O)c3cccs3)CC2)C1=O. The van der Waals surface area contributed by atoms with Crippen LogP contribution in [0.5, 0.6) is 11.5 Å². The van der Waals surface area contributed by atoms with E-state index in [4.69, 9.17) is 9.47 Å². The van der Waals surface area contributed by atoms with Gasteiger partial charge in [-0.3, -0.25) is 19.3 Å². The molecule has 5 amide bonds. The molecule has 3 aliphatic heterocycles. The molecule has 11 heteroatoms. The van der Waals surface area contributed by atoms with Gasteiger partial charge in [-0.25, -0.2) is 4.79 Å². The Balaban J connectivity index is 1.23. The minimum absolute atomic E-state index is 0.0496. The fourth-order valence-electron chi connectivity index (χ4n) is 4.34. The number of benzene rings is 1. The molecule has 0 radical (unpaired) electrons. The third-order valence-corrected chi connectivity index (χ3v) is 7.20. The second-order valence-electron chi connectivity index (χ2n) is 8.46. The van der Waals surface area contributed by atoms with Crippen LogP contribution in [0.25, 0.3) is 0 Å². The third-order valence-electron chi connectivity index (χ3n) is 6.34. The lowest BCUT2D eigenvalue weighted by Crippen LogP contribution is -2.53. The number of rotatable bonds is 4. The molecule has 0 spiro atoms. The Bertz CT molecular complexity index is 1140. The second kappa shape index (κ2) is 8.64. The van der Waals surface area contributed by atoms with Crippen molar-refractivity contribution in [2.45, 2.75) is 12.5 Å². The molecule has 2 saturated heterocycles. The smallest absolute Gasteiger partial charge is 0.325 e. The lowest BCUT2D eigenvalue weighted by molar-refractivity contribution is -0.139. The lowest BCUT2D eigenvalue weighted by atomic mass is 9.91. The van der Waals surface area contributed by atoms with Crippen molar-refractivity contribution in [3.8, 4) is 11.5 Å². The van der Waals surface area contributed by atoms with Crippen LogP contribution in [-0.2, 0) is 15.1 Å². The van der Waals surface area contributed by atoms with Crippen LogP contribution in [-0.4, -0.2) is 84.4 Å². The average molecular weight is 485 g/mol. The molecule has 5 rings (SSSR count). The van der Waals surface area contributed by atoms with Crippen molar-refractivity contribution in [2.75, 3.05) is 45.9 Å². The zero-order valence-corrected chi connectivity index (χ0v) is 19.4. The Kier molecular flexibility index (Phi) is 5.64. The molecule has 3 aliphatic rings. The van der Waals surface area contributed by atoms with E-state index >= 15 is 0 Å². The van der Waals surface area contributed by atoms with Crippen molar-refractivity contribution in [3.05, 3.63) is 46.2 Å². The first-order valence-corrected chi connectivity index (χ1v) is 11.9. The van der Waals surface area contributed by atoms with Gasteiger partial charge in [-0.1, -0.05) is 12.1 Å². The summed E-state index contributed by atoms with van der Waals surface area (Å²) in [6.45, 7) is 3.60. The molecule has 10 nitrogen and oxygen atoms in total. The molecule has 0 saturated carbocycles. The van der Waals surface area contributed by atoms with Gasteiger partial charge in [0.2, 0.25) is 5.91 Å². The summed E-state index contributed by atoms with van der Waals surface area (Å²) in [5.41, 5.74) is -0.773. The van der Waals surface area contributed by atoms with E-state index in [0.29, 0.717) is 61.3 Å². The van der Waals surface area contributed by atoms with Gasteiger partial charge in [0.1, 0.15) is 25.3 Å². The summed E-state index contributed by atoms with van der Waals surface area (Å²) < 4.78 is 11.1. The maximum atomic E-state index is 13.2. The van der Waals surface area contributed by atoms with Crippen LogP contribution in [0.15, 0.2) is 35.7 Å². The Labute approximate surface area is 200 Å². The van der Waals surface area contributed by atoms with Crippen LogP contribution in [0.1, 0.15) is 22.2 Å². The summed E-state index contributed by atoms with van der Waals surface area (Å²) >= 11 is 1.38. The predicted octanol–water partition coefficient (Wildman–Crippen LogP) is 1.27. The minimum Gasteiger partial charge on any atom is -0.486 e. The maximum Gasteiger partial charge on any atom is 0.325 e. The lowest BCUT2D eigenvalue weighted by Gasteiger charge is -2.35. The van der Waals surface area contributed by atoms with Crippen molar-refractivity contribution in [1.82, 2.24) is 20.0 Å². The van der Waals surface area contributed by atoms with E-state index in [-0.39, 0.29) is 18.4 Å². The number of ether oxygens (including phenoxy) is 2. The number of hydrogen-bond acceptors (Lipinski definition) is 7. The molecule has 1 atom stereocenters. The zero-order chi connectivity index (χ0) is 23.9. The average Bonchev–Trinajstić information content (AvgIpc) is 3.47. The number of piperazine rings is 1. The number of amides is 5. The van der Waals surface area contributed by atoms with E-state index in [0.717, 1.165) is 4.90 Å². The molecule has 2 aromatic rings. The summed E-state index contributed by atoms with van der Waals surface area (Å²) in [5.74, 6) is 0.203. The number of carbonyl (C=O) groups is 4. The number of nitrogens with one attached hydrogen (secondary N) is 1. The summed E-state index contributed by atoms with van der Waals surface area (Å²) in [6.07, 6.45) is 0. The Hall–Kier alpha value is -3.60. The van der Waals surface area contributed by atoms with Crippen LogP contribution in [0, 0.1) is 0 Å². The standard InChI is InChI=1S/C23H24N4O6S/c1-23(15-4-5-16-17(13-15)33-11-10-32-16)21(30)27(22(31)24-23)14-19(28)25-6-8-26(9-7-25)20(29)18-3-2-12-34-18/h2-5,12-13H,6-11,14H2,1H3,(H,24,31)/t23-/m0/s1. The Morgan fingerprint density at radius 1 is 1.03 bits per heavy atom. The van der Waals surface area contributed by atoms with Crippen molar-refractivity contribution in [3.63, 3.8) is 0 Å². The zero-order valence-electron chi connectivity index (χ0n) is 18.6. The summed E-state index contributed by atoms with van der Waals surface area (Å²) in [4.78, 5) is 56.2. The number of imide groups is 1. The highest BCUT2D eigenvalue weighted by Crippen LogP contribution is 2.36. The number of carbonyl (C=O) groups excluding carboxylic acids is 4. The molecule has 4 heterocycles. The monoisotopic (exact) mass is 484 g/mol. The van der Waals surface area contributed by atoms with E-state index in [1.165, 1.54) is 11.3 Å². The molecule has 1 aromatic carbocycles. The number of nitrogens with zero attached hydrogens (tertiary/aromatic N) is 3. The number of urea groups is 1. The van der Waals surface area contributed by atoms with Gasteiger partial charge in [-0.2, -0.15) is 0 Å². The highest BCUT2D eigenvalue weighted by Gasteiger charge is 2.50. The van der Waals surface area contributed by atoms with Gasteiger partial charge in [0.15, 0.2) is 11.5 Å². The summed E-state index contributed by atoms with van der Waals surface area (Å²) in [5, 5.41) is 4.57. The van der Waals surface area contributed by atoms with Gasteiger partial charge in [-0.15, -0.1) is 11.3 Å². The fraction of sp³-hybridized carbons (Fsp3) is 0.391. The topological polar surface area (TPSA) is 108 Å². The van der Waals surface area contributed by atoms with Gasteiger partial charge in [-0.05, 0) is 36.1 Å². The Morgan fingerprint density at radius 3 is 2.44 bits per heavy atom. The molecule has 34 heavy (non-hydrogen) atoms. The van der Waals surface area contributed by atoms with E-state index in [2.05, 4.69) is 5.32 Å². The first-order chi connectivity index (χ1) is 16.4. The van der Waals surface area contributed by atoms with Crippen LogP contribution in [0.2, 0.25) is 0 Å². The molecule has 0 aliphatic carbocycles. The van der Waals surface area contributed by atoms with Gasteiger partial charge in [0.25, 0.3) is 11.8 Å². The molecule has 178 valence electrons. The van der Waals surface area contributed by atoms with Gasteiger partial charge in [0.05, 0.1) is 4.88 Å². The van der Waals surface area contributed by atoms with Crippen molar-refractivity contribution in [2.24, 2.45) is 0 Å². The van der Waals surface area contributed by atoms with Crippen LogP contribution in [0.4, 0.5) is 4.79 Å². The van der Waals surface area contributed by atoms with Crippen molar-refractivity contribution < 1.29 is 28.7 Å². The number of thiophene rings is 1. The molecule has 0 bridgehead atoms. The number of fused-ring (bicyclic) bond motifs is 1. The molecule has 0 unspecified atom stereocenters. The molecule has 1 N–H and O–H groups in total. The molecular formula is C23H24N4O6S. The first kappa shape index (κ1) is 22.2. The van der Waals surface area contributed by atoms with Crippen LogP contribution >= 0.6 is 11.3 Å². The van der Waals surface area contributed by atoms with E-state index in [1.807, 2.05) is 11.4 Å². The first-order valence-electron chi connectivity index (χ1n) is 11.0. The van der Waals surface area contributed by atoms with Gasteiger partial charge < -0.3 is 24.6 Å². The van der Waals surface area contributed by atoms with Crippen LogP contribution < -0.4 is 14.8 Å². The second-order valence-corrected chi connectivity index (χ2v) is 9.40. The number of hydrogen-bond donors (Lipinski definition) is 1. The van der Waals surface area contributed by atoms with E-state index in [1.54, 1.807) is 41.0 Å². The third kappa shape index (κ3) is 3.85. The molecule has 1 aromatic heterocycles. The molecule has 2 fully saturated rings. The summed E-state index contributed by atoms with van der Waals surface area (Å²) in [6, 6.07) is 8.08. The van der Waals surface area contributed by atoms with Gasteiger partial charge in [0, 0.05) is 26.2 Å². The largest absolute Gasteiger partial charge is 0.486 e. The quantitative estimate of drug-likeness (QED) is 0.655. The van der Waals surface area contributed by atoms with Crippen molar-refractivity contribution in [1.29, 1.82) is 0 Å². The van der Waals surface area contributed by atoms with E-state index < -0.39 is 17.5 Å². The highest BCUT2D eigenvalue weighted by molar-refractivity contribution is 7.12. The van der Waals surface area contributed by atoms with Crippen LogP contribution in [0.3, 0.4) is 0 Å².